The Labute approximate surface area is 199 Å². The number of ketones is 1. The summed E-state index contributed by atoms with van der Waals surface area (Å²) in [4.78, 5) is 30.4. The van der Waals surface area contributed by atoms with Crippen molar-refractivity contribution in [2.45, 2.75) is 51.3 Å². The molecule has 1 aliphatic heterocycles. The van der Waals surface area contributed by atoms with E-state index in [0.717, 1.165) is 11.3 Å². The molecule has 2 unspecified atom stereocenters. The predicted molar refractivity (Wildman–Crippen MR) is 130 cm³/mol. The number of carbonyl (C=O) groups excluding carboxylic acids is 2. The van der Waals surface area contributed by atoms with Crippen molar-refractivity contribution in [2.24, 2.45) is 10.2 Å². The van der Waals surface area contributed by atoms with Crippen LogP contribution in [0.25, 0.3) is 0 Å². The van der Waals surface area contributed by atoms with Crippen molar-refractivity contribution >= 4 is 17.6 Å². The first-order valence-electron chi connectivity index (χ1n) is 11.2. The van der Waals surface area contributed by atoms with Crippen LogP contribution in [0.4, 0.5) is 10.5 Å². The van der Waals surface area contributed by atoms with Crippen LogP contribution in [0.5, 0.6) is 0 Å². The van der Waals surface area contributed by atoms with Crippen molar-refractivity contribution in [1.82, 2.24) is 4.98 Å². The lowest BCUT2D eigenvalue weighted by atomic mass is 9.79. The Hall–Kier alpha value is -3.87. The summed E-state index contributed by atoms with van der Waals surface area (Å²) in [6, 6.07) is 19.9. The van der Waals surface area contributed by atoms with E-state index in [4.69, 9.17) is 4.74 Å². The van der Waals surface area contributed by atoms with E-state index >= 15 is 0 Å². The molecule has 0 radical (unpaired) electrons. The molecule has 34 heavy (non-hydrogen) atoms. The molecule has 0 saturated carbocycles. The number of anilines is 1. The topological polar surface area (TPSA) is 93.0 Å². The smallest absolute Gasteiger partial charge is 0.412 e. The second kappa shape index (κ2) is 9.17. The number of hydrogen-bond acceptors (Lipinski definition) is 6. The van der Waals surface area contributed by atoms with Crippen molar-refractivity contribution in [2.75, 3.05) is 5.32 Å². The number of hydrogen-bond donors (Lipinski definition) is 1. The van der Waals surface area contributed by atoms with E-state index in [1.807, 2.05) is 49.4 Å². The van der Waals surface area contributed by atoms with Gasteiger partial charge in [0, 0.05) is 23.9 Å². The van der Waals surface area contributed by atoms with Crippen molar-refractivity contribution in [1.29, 1.82) is 0 Å². The molecule has 174 valence electrons. The molecule has 7 nitrogen and oxygen atoms in total. The minimum atomic E-state index is -1.18. The lowest BCUT2D eigenvalue weighted by Crippen LogP contribution is -2.33. The number of Topliss-reactive ketones (excluding diaryl/α,β-unsaturated/α-hetero) is 1. The highest BCUT2D eigenvalue weighted by molar-refractivity contribution is 6.04. The summed E-state index contributed by atoms with van der Waals surface area (Å²) in [6.07, 6.45) is 1.54. The third-order valence-electron chi connectivity index (χ3n) is 5.58. The minimum Gasteiger partial charge on any atom is -0.444 e. The average Bonchev–Trinajstić information content (AvgIpc) is 3.26. The fourth-order valence-corrected chi connectivity index (χ4v) is 3.91. The molecular weight excluding hydrogens is 428 g/mol. The summed E-state index contributed by atoms with van der Waals surface area (Å²) in [5.41, 5.74) is 1.90. The van der Waals surface area contributed by atoms with Crippen molar-refractivity contribution in [3.63, 3.8) is 0 Å². The van der Waals surface area contributed by atoms with Gasteiger partial charge in [0.25, 0.3) is 0 Å². The monoisotopic (exact) mass is 456 g/mol. The van der Waals surface area contributed by atoms with Crippen LogP contribution in [0.3, 0.4) is 0 Å². The number of rotatable bonds is 5. The standard InChI is InChI=1S/C27H28N4O3/c1-18-8-10-19(11-9-18)24(32)27(17-23(30-31-27)22-7-5-6-16-28-22)20-12-14-21(15-13-20)29-25(33)34-26(2,3)4/h5-16,23H,17H2,1-4H3,(H,29,33). The van der Waals surface area contributed by atoms with Crippen molar-refractivity contribution in [3.05, 3.63) is 95.3 Å². The second-order valence-corrected chi connectivity index (χ2v) is 9.45. The van der Waals surface area contributed by atoms with Crippen LogP contribution in [0.2, 0.25) is 0 Å². The fourth-order valence-electron chi connectivity index (χ4n) is 3.91. The molecule has 0 fully saturated rings. The van der Waals surface area contributed by atoms with Crippen LogP contribution in [0.1, 0.15) is 60.4 Å². The first-order valence-corrected chi connectivity index (χ1v) is 11.2. The summed E-state index contributed by atoms with van der Waals surface area (Å²) < 4.78 is 5.32. The lowest BCUT2D eigenvalue weighted by Gasteiger charge is -2.25. The molecule has 1 amide bonds. The maximum Gasteiger partial charge on any atom is 0.412 e. The molecule has 4 rings (SSSR count). The molecule has 2 aromatic carbocycles. The summed E-state index contributed by atoms with van der Waals surface area (Å²) >= 11 is 0. The molecule has 7 heteroatoms. The molecule has 1 aromatic heterocycles. The van der Waals surface area contributed by atoms with Gasteiger partial charge >= 0.3 is 6.09 Å². The molecule has 0 aliphatic carbocycles. The number of nitrogens with one attached hydrogen (secondary N) is 1. The largest absolute Gasteiger partial charge is 0.444 e. The summed E-state index contributed by atoms with van der Waals surface area (Å²) in [5.74, 6) is -0.123. The summed E-state index contributed by atoms with van der Waals surface area (Å²) in [6.45, 7) is 7.39. The third kappa shape index (κ3) is 5.03. The van der Waals surface area contributed by atoms with Crippen LogP contribution in [-0.2, 0) is 10.3 Å². The maximum atomic E-state index is 13.8. The van der Waals surface area contributed by atoms with E-state index in [1.165, 1.54) is 0 Å². The van der Waals surface area contributed by atoms with E-state index in [2.05, 4.69) is 20.5 Å². The Kier molecular flexibility index (Phi) is 6.28. The first-order chi connectivity index (χ1) is 16.2. The Bertz CT molecular complexity index is 1200. The first kappa shape index (κ1) is 23.3. The average molecular weight is 457 g/mol. The number of carbonyl (C=O) groups is 2. The summed E-state index contributed by atoms with van der Waals surface area (Å²) in [7, 11) is 0. The van der Waals surface area contributed by atoms with Gasteiger partial charge in [0.1, 0.15) is 11.6 Å². The van der Waals surface area contributed by atoms with E-state index < -0.39 is 17.2 Å². The van der Waals surface area contributed by atoms with Crippen LogP contribution in [0.15, 0.2) is 83.2 Å². The van der Waals surface area contributed by atoms with Gasteiger partial charge in [-0.3, -0.25) is 15.1 Å². The highest BCUT2D eigenvalue weighted by atomic mass is 16.6. The third-order valence-corrected chi connectivity index (χ3v) is 5.58. The second-order valence-electron chi connectivity index (χ2n) is 9.45. The number of nitrogens with zero attached hydrogens (tertiary/aromatic N) is 3. The molecule has 1 aliphatic rings. The van der Waals surface area contributed by atoms with Gasteiger partial charge in [-0.05, 0) is 57.5 Å². The Morgan fingerprint density at radius 2 is 1.71 bits per heavy atom. The van der Waals surface area contributed by atoms with E-state index in [-0.39, 0.29) is 11.8 Å². The predicted octanol–water partition coefficient (Wildman–Crippen LogP) is 6.41. The van der Waals surface area contributed by atoms with E-state index in [9.17, 15) is 9.59 Å². The number of aromatic nitrogens is 1. The van der Waals surface area contributed by atoms with E-state index in [1.54, 1.807) is 51.2 Å². The lowest BCUT2D eigenvalue weighted by molar-refractivity contribution is 0.0635. The normalized spacial score (nSPS) is 19.6. The number of aryl methyl sites for hydroxylation is 1. The molecule has 2 heterocycles. The van der Waals surface area contributed by atoms with Gasteiger partial charge in [-0.25, -0.2) is 4.79 Å². The number of amides is 1. The number of benzene rings is 2. The highest BCUT2D eigenvalue weighted by Gasteiger charge is 2.47. The molecule has 2 atom stereocenters. The Balaban J connectivity index is 1.65. The SMILES string of the molecule is Cc1ccc(C(=O)C2(c3ccc(NC(=O)OC(C)(C)C)cc3)CC(c3ccccn3)N=N2)cc1. The van der Waals surface area contributed by atoms with Gasteiger partial charge in [0.2, 0.25) is 0 Å². The molecule has 0 spiro atoms. The Morgan fingerprint density at radius 1 is 1.00 bits per heavy atom. The van der Waals surface area contributed by atoms with Crippen LogP contribution < -0.4 is 5.32 Å². The van der Waals surface area contributed by atoms with Crippen molar-refractivity contribution < 1.29 is 14.3 Å². The number of ether oxygens (including phenoxy) is 1. The minimum absolute atomic E-state index is 0.123. The molecular formula is C27H28N4O3. The number of pyridine rings is 1. The zero-order valence-corrected chi connectivity index (χ0v) is 19.8. The highest BCUT2D eigenvalue weighted by Crippen LogP contribution is 2.45. The molecule has 0 saturated heterocycles. The van der Waals surface area contributed by atoms with E-state index in [0.29, 0.717) is 23.2 Å². The molecule has 1 N–H and O–H groups in total. The maximum absolute atomic E-state index is 13.8. The van der Waals surface area contributed by atoms with Crippen LogP contribution in [0, 0.1) is 6.92 Å². The van der Waals surface area contributed by atoms with Gasteiger partial charge in [0.05, 0.1) is 5.69 Å². The van der Waals surface area contributed by atoms with Crippen molar-refractivity contribution in [3.8, 4) is 0 Å². The number of azo groups is 1. The summed E-state index contributed by atoms with van der Waals surface area (Å²) in [5, 5.41) is 11.7. The molecule has 3 aromatic rings. The zero-order valence-electron chi connectivity index (χ0n) is 19.8. The Morgan fingerprint density at radius 3 is 2.32 bits per heavy atom. The van der Waals surface area contributed by atoms with Gasteiger partial charge in [-0.2, -0.15) is 10.2 Å². The van der Waals surface area contributed by atoms with Crippen LogP contribution >= 0.6 is 0 Å². The fraction of sp³-hybridized carbons (Fsp3) is 0.296. The van der Waals surface area contributed by atoms with Gasteiger partial charge in [0.15, 0.2) is 11.3 Å². The quantitative estimate of drug-likeness (QED) is 0.449. The van der Waals surface area contributed by atoms with Gasteiger partial charge < -0.3 is 4.74 Å². The zero-order chi connectivity index (χ0) is 24.3. The molecule has 0 bridgehead atoms. The van der Waals surface area contributed by atoms with Gasteiger partial charge in [-0.1, -0.05) is 48.0 Å². The van der Waals surface area contributed by atoms with Gasteiger partial charge in [-0.15, -0.1) is 0 Å². The van der Waals surface area contributed by atoms with Crippen LogP contribution in [-0.4, -0.2) is 22.5 Å².